The summed E-state index contributed by atoms with van der Waals surface area (Å²) in [5, 5.41) is 7.41. The second-order valence-corrected chi connectivity index (χ2v) is 7.29. The van der Waals surface area contributed by atoms with Crippen molar-refractivity contribution in [2.75, 3.05) is 6.54 Å². The molecule has 1 aromatic carbocycles. The van der Waals surface area contributed by atoms with Crippen molar-refractivity contribution in [1.29, 1.82) is 0 Å². The van der Waals surface area contributed by atoms with E-state index in [0.717, 1.165) is 41.6 Å². The maximum Gasteiger partial charge on any atom is 0.227 e. The molecule has 28 heavy (non-hydrogen) atoms. The fourth-order valence-electron chi connectivity index (χ4n) is 3.99. The first-order valence-corrected chi connectivity index (χ1v) is 9.61. The summed E-state index contributed by atoms with van der Waals surface area (Å²) in [5.74, 6) is -0.299. The maximum absolute atomic E-state index is 13.5. The number of hydrogen-bond donors (Lipinski definition) is 1. The first kappa shape index (κ1) is 18.3. The van der Waals surface area contributed by atoms with Gasteiger partial charge in [0.15, 0.2) is 0 Å². The van der Waals surface area contributed by atoms with Crippen molar-refractivity contribution >= 4 is 5.91 Å². The second kappa shape index (κ2) is 7.92. The van der Waals surface area contributed by atoms with E-state index in [1.54, 1.807) is 18.3 Å². The van der Waals surface area contributed by atoms with E-state index in [1.165, 1.54) is 12.1 Å². The van der Waals surface area contributed by atoms with Crippen LogP contribution in [0.5, 0.6) is 0 Å². The van der Waals surface area contributed by atoms with Crippen LogP contribution in [0.15, 0.2) is 48.9 Å². The van der Waals surface area contributed by atoms with Crippen LogP contribution in [0.3, 0.4) is 0 Å². The average molecular weight is 378 g/mol. The molecule has 6 heteroatoms. The number of benzene rings is 1. The molecule has 3 heterocycles. The van der Waals surface area contributed by atoms with Crippen LogP contribution in [0.25, 0.3) is 11.1 Å². The number of aryl methyl sites for hydroxylation is 1. The van der Waals surface area contributed by atoms with Gasteiger partial charge in [-0.15, -0.1) is 0 Å². The molecular weight excluding hydrogens is 355 g/mol. The number of nitrogens with one attached hydrogen (secondary N) is 1. The Kier molecular flexibility index (Phi) is 5.19. The summed E-state index contributed by atoms with van der Waals surface area (Å²) in [6.45, 7) is 2.72. The third-order valence-electron chi connectivity index (χ3n) is 5.38. The predicted octanol–water partition coefficient (Wildman–Crippen LogP) is 4.22. The number of nitrogens with zero attached hydrogens (tertiary/aromatic N) is 3. The van der Waals surface area contributed by atoms with Crippen molar-refractivity contribution in [2.45, 2.75) is 38.6 Å². The highest BCUT2D eigenvalue weighted by atomic mass is 19.1. The van der Waals surface area contributed by atoms with Gasteiger partial charge in [-0.1, -0.05) is 12.1 Å². The molecule has 0 spiro atoms. The molecule has 1 aliphatic heterocycles. The molecule has 1 saturated heterocycles. The predicted molar refractivity (Wildman–Crippen MR) is 105 cm³/mol. The summed E-state index contributed by atoms with van der Waals surface area (Å²) in [7, 11) is 0. The molecule has 1 aliphatic rings. The topological polar surface area (TPSA) is 61.9 Å². The number of halogens is 1. The first-order valence-electron chi connectivity index (χ1n) is 9.61. The van der Waals surface area contributed by atoms with E-state index in [2.05, 4.69) is 15.2 Å². The zero-order chi connectivity index (χ0) is 19.5. The van der Waals surface area contributed by atoms with Crippen molar-refractivity contribution in [3.63, 3.8) is 0 Å². The average Bonchev–Trinajstić information content (AvgIpc) is 3.18. The minimum Gasteiger partial charge on any atom is -0.334 e. The smallest absolute Gasteiger partial charge is 0.227 e. The zero-order valence-corrected chi connectivity index (χ0v) is 15.9. The molecule has 0 saturated carbocycles. The molecule has 1 amide bonds. The molecule has 0 bridgehead atoms. The van der Waals surface area contributed by atoms with Crippen LogP contribution >= 0.6 is 0 Å². The van der Waals surface area contributed by atoms with E-state index < -0.39 is 0 Å². The van der Waals surface area contributed by atoms with Crippen LogP contribution in [-0.2, 0) is 11.2 Å². The number of carbonyl (C=O) groups is 1. The van der Waals surface area contributed by atoms with Crippen LogP contribution in [0, 0.1) is 12.7 Å². The lowest BCUT2D eigenvalue weighted by Gasteiger charge is -2.36. The summed E-state index contributed by atoms with van der Waals surface area (Å²) in [4.78, 5) is 19.1. The minimum atomic E-state index is -0.315. The van der Waals surface area contributed by atoms with E-state index in [9.17, 15) is 9.18 Å². The van der Waals surface area contributed by atoms with Crippen molar-refractivity contribution in [2.24, 2.45) is 0 Å². The molecule has 0 unspecified atom stereocenters. The Labute approximate surface area is 163 Å². The van der Waals surface area contributed by atoms with Gasteiger partial charge in [-0.25, -0.2) is 4.39 Å². The molecule has 3 aromatic rings. The normalized spacial score (nSPS) is 16.9. The molecule has 144 valence electrons. The van der Waals surface area contributed by atoms with Gasteiger partial charge in [-0.05, 0) is 61.1 Å². The van der Waals surface area contributed by atoms with Crippen LogP contribution in [-0.4, -0.2) is 32.5 Å². The standard InChI is InChI=1S/C22H23FN4O/c1-15-13-24-9-8-18(15)19-14-25-26-22(19)20-7-2-3-10-27(20)21(28)12-16-5-4-6-17(23)11-16/h4-6,8-9,11,13-14,20H,2-3,7,10,12H2,1H3,(H,25,26)/t20-/m1/s1. The quantitative estimate of drug-likeness (QED) is 0.740. The third kappa shape index (κ3) is 3.67. The molecule has 4 rings (SSSR count). The third-order valence-corrected chi connectivity index (χ3v) is 5.38. The Bertz CT molecular complexity index is 984. The summed E-state index contributed by atoms with van der Waals surface area (Å²) < 4.78 is 13.5. The molecule has 0 aliphatic carbocycles. The molecule has 2 aromatic heterocycles. The van der Waals surface area contributed by atoms with E-state index in [-0.39, 0.29) is 24.2 Å². The highest BCUT2D eigenvalue weighted by molar-refractivity contribution is 5.80. The van der Waals surface area contributed by atoms with E-state index in [0.29, 0.717) is 12.1 Å². The Hall–Kier alpha value is -3.02. The Balaban J connectivity index is 1.63. The lowest BCUT2D eigenvalue weighted by Crippen LogP contribution is -2.39. The number of rotatable bonds is 4. The van der Waals surface area contributed by atoms with E-state index in [1.807, 2.05) is 30.3 Å². The largest absolute Gasteiger partial charge is 0.334 e. The number of H-pyrrole nitrogens is 1. The summed E-state index contributed by atoms with van der Waals surface area (Å²) >= 11 is 0. The van der Waals surface area contributed by atoms with Crippen molar-refractivity contribution in [1.82, 2.24) is 20.1 Å². The molecule has 0 radical (unpaired) electrons. The SMILES string of the molecule is Cc1cnccc1-c1cn[nH]c1[C@H]1CCCCN1C(=O)Cc1cccc(F)c1. The van der Waals surface area contributed by atoms with E-state index in [4.69, 9.17) is 0 Å². The second-order valence-electron chi connectivity index (χ2n) is 7.29. The Morgan fingerprint density at radius 1 is 1.25 bits per heavy atom. The van der Waals surface area contributed by atoms with Crippen molar-refractivity contribution in [3.05, 3.63) is 71.6 Å². The lowest BCUT2D eigenvalue weighted by atomic mass is 9.93. The van der Waals surface area contributed by atoms with Gasteiger partial charge in [0.05, 0.1) is 24.4 Å². The van der Waals surface area contributed by atoms with Gasteiger partial charge in [-0.2, -0.15) is 5.10 Å². The Morgan fingerprint density at radius 2 is 2.14 bits per heavy atom. The number of carbonyl (C=O) groups excluding carboxylic acids is 1. The molecule has 1 atom stereocenters. The minimum absolute atomic E-state index is 0.0160. The van der Waals surface area contributed by atoms with Gasteiger partial charge in [0.25, 0.3) is 0 Å². The number of hydrogen-bond acceptors (Lipinski definition) is 3. The van der Waals surface area contributed by atoms with Gasteiger partial charge in [0, 0.05) is 24.5 Å². The summed E-state index contributed by atoms with van der Waals surface area (Å²) in [6, 6.07) is 8.18. The van der Waals surface area contributed by atoms with Crippen molar-refractivity contribution in [3.8, 4) is 11.1 Å². The molecule has 1 fully saturated rings. The maximum atomic E-state index is 13.5. The lowest BCUT2D eigenvalue weighted by molar-refractivity contribution is -0.134. The van der Waals surface area contributed by atoms with Crippen LogP contribution < -0.4 is 0 Å². The number of aromatic amines is 1. The van der Waals surface area contributed by atoms with Crippen LogP contribution in [0.4, 0.5) is 4.39 Å². The number of pyridine rings is 1. The van der Waals surface area contributed by atoms with Gasteiger partial charge in [-0.3, -0.25) is 14.9 Å². The van der Waals surface area contributed by atoms with Gasteiger partial charge in [0.2, 0.25) is 5.91 Å². The number of amides is 1. The highest BCUT2D eigenvalue weighted by Crippen LogP contribution is 2.36. The molecule has 5 nitrogen and oxygen atoms in total. The Morgan fingerprint density at radius 3 is 2.96 bits per heavy atom. The fourth-order valence-corrected chi connectivity index (χ4v) is 3.99. The molecular formula is C22H23FN4O. The summed E-state index contributed by atoms with van der Waals surface area (Å²) in [6.07, 6.45) is 8.54. The fraction of sp³-hybridized carbons (Fsp3) is 0.318. The van der Waals surface area contributed by atoms with E-state index >= 15 is 0 Å². The number of aromatic nitrogens is 3. The monoisotopic (exact) mass is 378 g/mol. The highest BCUT2D eigenvalue weighted by Gasteiger charge is 2.31. The number of piperidine rings is 1. The van der Waals surface area contributed by atoms with Crippen molar-refractivity contribution < 1.29 is 9.18 Å². The van der Waals surface area contributed by atoms with Crippen LogP contribution in [0.1, 0.15) is 42.1 Å². The van der Waals surface area contributed by atoms with Gasteiger partial charge < -0.3 is 4.90 Å². The van der Waals surface area contributed by atoms with Gasteiger partial charge in [0.1, 0.15) is 5.82 Å². The van der Waals surface area contributed by atoms with Crippen LogP contribution in [0.2, 0.25) is 0 Å². The van der Waals surface area contributed by atoms with Gasteiger partial charge >= 0.3 is 0 Å². The first-order chi connectivity index (χ1) is 13.6. The molecule has 1 N–H and O–H groups in total. The number of likely N-dealkylation sites (tertiary alicyclic amines) is 1. The zero-order valence-electron chi connectivity index (χ0n) is 15.9. The summed E-state index contributed by atoms with van der Waals surface area (Å²) in [5.41, 5.74) is 4.81.